The second-order valence-corrected chi connectivity index (χ2v) is 7.01. The van der Waals surface area contributed by atoms with Gasteiger partial charge in [-0.25, -0.2) is 4.98 Å². The van der Waals surface area contributed by atoms with E-state index in [4.69, 9.17) is 4.74 Å². The van der Waals surface area contributed by atoms with Gasteiger partial charge in [0.15, 0.2) is 5.96 Å². The lowest BCUT2D eigenvalue weighted by molar-refractivity contribution is 0.0320. The number of guanidine groups is 1. The number of rotatable bonds is 6. The Balaban J connectivity index is 1.66. The van der Waals surface area contributed by atoms with E-state index in [1.807, 2.05) is 6.20 Å². The molecule has 0 bridgehead atoms. The molecule has 2 rings (SSSR count). The zero-order chi connectivity index (χ0) is 15.8. The maximum absolute atomic E-state index is 5.38. The SMILES string of the molecule is CN=C(NCc1ncc(C)s1)NCC(C)CN1CCOCC1. The minimum Gasteiger partial charge on any atom is -0.379 e. The molecule has 6 nitrogen and oxygen atoms in total. The van der Waals surface area contributed by atoms with Gasteiger partial charge in [-0.05, 0) is 12.8 Å². The maximum Gasteiger partial charge on any atom is 0.191 e. The van der Waals surface area contributed by atoms with E-state index in [-0.39, 0.29) is 0 Å². The van der Waals surface area contributed by atoms with Gasteiger partial charge in [0.25, 0.3) is 0 Å². The van der Waals surface area contributed by atoms with Gasteiger partial charge in [-0.15, -0.1) is 11.3 Å². The van der Waals surface area contributed by atoms with E-state index < -0.39 is 0 Å². The first-order valence-corrected chi connectivity index (χ1v) is 8.65. The minimum absolute atomic E-state index is 0.568. The highest BCUT2D eigenvalue weighted by atomic mass is 32.1. The van der Waals surface area contributed by atoms with Crippen LogP contribution >= 0.6 is 11.3 Å². The largest absolute Gasteiger partial charge is 0.379 e. The van der Waals surface area contributed by atoms with Crippen molar-refractivity contribution < 1.29 is 4.74 Å². The van der Waals surface area contributed by atoms with E-state index in [0.29, 0.717) is 5.92 Å². The third-order valence-corrected chi connectivity index (χ3v) is 4.50. The number of aryl methyl sites for hydroxylation is 1. The van der Waals surface area contributed by atoms with Crippen LogP contribution < -0.4 is 10.6 Å². The average molecular weight is 325 g/mol. The molecule has 1 saturated heterocycles. The summed E-state index contributed by atoms with van der Waals surface area (Å²) >= 11 is 1.71. The van der Waals surface area contributed by atoms with Crippen LogP contribution in [0.25, 0.3) is 0 Å². The molecule has 1 aliphatic rings. The standard InChI is InChI=1S/C15H27N5OS/c1-12(11-20-4-6-21-7-5-20)8-18-15(16-3)19-10-14-17-9-13(2)22-14/h9,12H,4-8,10-11H2,1-3H3,(H2,16,18,19). The van der Waals surface area contributed by atoms with Crippen molar-refractivity contribution in [3.8, 4) is 0 Å². The maximum atomic E-state index is 5.38. The normalized spacial score (nSPS) is 18.2. The van der Waals surface area contributed by atoms with E-state index in [1.54, 1.807) is 18.4 Å². The molecule has 1 aromatic rings. The first-order valence-electron chi connectivity index (χ1n) is 7.83. The Morgan fingerprint density at radius 3 is 2.86 bits per heavy atom. The van der Waals surface area contributed by atoms with E-state index in [2.05, 4.69) is 39.4 Å². The summed E-state index contributed by atoms with van der Waals surface area (Å²) in [5.41, 5.74) is 0. The summed E-state index contributed by atoms with van der Waals surface area (Å²) in [5, 5.41) is 7.79. The number of nitrogens with one attached hydrogen (secondary N) is 2. The number of hydrogen-bond donors (Lipinski definition) is 2. The lowest BCUT2D eigenvalue weighted by atomic mass is 10.1. The van der Waals surface area contributed by atoms with Crippen molar-refractivity contribution in [3.63, 3.8) is 0 Å². The molecule has 1 atom stereocenters. The smallest absolute Gasteiger partial charge is 0.191 e. The van der Waals surface area contributed by atoms with Gasteiger partial charge in [-0.2, -0.15) is 0 Å². The molecule has 1 unspecified atom stereocenters. The second-order valence-electron chi connectivity index (χ2n) is 5.69. The molecule has 0 saturated carbocycles. The number of aliphatic imine (C=N–C) groups is 1. The lowest BCUT2D eigenvalue weighted by Gasteiger charge is -2.29. The van der Waals surface area contributed by atoms with Gasteiger partial charge in [-0.3, -0.25) is 9.89 Å². The number of morpholine rings is 1. The Labute approximate surface area is 137 Å². The summed E-state index contributed by atoms with van der Waals surface area (Å²) in [5.74, 6) is 1.40. The Morgan fingerprint density at radius 2 is 2.23 bits per heavy atom. The molecule has 1 aliphatic heterocycles. The average Bonchev–Trinajstić information content (AvgIpc) is 2.94. The Bertz CT molecular complexity index is 470. The predicted molar refractivity (Wildman–Crippen MR) is 91.5 cm³/mol. The number of hydrogen-bond acceptors (Lipinski definition) is 5. The summed E-state index contributed by atoms with van der Waals surface area (Å²) in [6.45, 7) is 10.9. The molecular weight excluding hydrogens is 298 g/mol. The molecule has 7 heteroatoms. The Kier molecular flexibility index (Phi) is 7.08. The Morgan fingerprint density at radius 1 is 1.45 bits per heavy atom. The van der Waals surface area contributed by atoms with E-state index in [9.17, 15) is 0 Å². The van der Waals surface area contributed by atoms with Crippen LogP contribution in [0.4, 0.5) is 0 Å². The van der Waals surface area contributed by atoms with E-state index in [0.717, 1.165) is 56.9 Å². The first kappa shape index (κ1) is 17.2. The van der Waals surface area contributed by atoms with Gasteiger partial charge in [0.2, 0.25) is 0 Å². The molecule has 1 aromatic heterocycles. The van der Waals surface area contributed by atoms with Crippen molar-refractivity contribution in [2.24, 2.45) is 10.9 Å². The monoisotopic (exact) mass is 325 g/mol. The summed E-state index contributed by atoms with van der Waals surface area (Å²) in [7, 11) is 1.80. The topological polar surface area (TPSA) is 61.8 Å². The summed E-state index contributed by atoms with van der Waals surface area (Å²) < 4.78 is 5.38. The zero-order valence-electron chi connectivity index (χ0n) is 13.8. The van der Waals surface area contributed by atoms with Crippen molar-refractivity contribution >= 4 is 17.3 Å². The van der Waals surface area contributed by atoms with Gasteiger partial charge in [-0.1, -0.05) is 6.92 Å². The van der Waals surface area contributed by atoms with Crippen LogP contribution in [0.15, 0.2) is 11.2 Å². The molecule has 0 spiro atoms. The van der Waals surface area contributed by atoms with Gasteiger partial charge < -0.3 is 15.4 Å². The molecule has 2 heterocycles. The van der Waals surface area contributed by atoms with Crippen molar-refractivity contribution in [2.45, 2.75) is 20.4 Å². The van der Waals surface area contributed by atoms with Crippen molar-refractivity contribution in [1.29, 1.82) is 0 Å². The molecule has 0 radical (unpaired) electrons. The first-order chi connectivity index (χ1) is 10.7. The van der Waals surface area contributed by atoms with Crippen LogP contribution in [-0.4, -0.2) is 62.3 Å². The zero-order valence-corrected chi connectivity index (χ0v) is 14.6. The van der Waals surface area contributed by atoms with Crippen LogP contribution in [0.5, 0.6) is 0 Å². The van der Waals surface area contributed by atoms with Gasteiger partial charge >= 0.3 is 0 Å². The molecule has 0 amide bonds. The highest BCUT2D eigenvalue weighted by Gasteiger charge is 2.14. The molecule has 124 valence electrons. The quantitative estimate of drug-likeness (QED) is 0.605. The molecular formula is C15H27N5OS. The third-order valence-electron chi connectivity index (χ3n) is 3.59. The predicted octanol–water partition coefficient (Wildman–Crippen LogP) is 1.08. The third kappa shape index (κ3) is 5.90. The Hall–Kier alpha value is -1.18. The van der Waals surface area contributed by atoms with E-state index in [1.165, 1.54) is 4.88 Å². The van der Waals surface area contributed by atoms with Crippen LogP contribution in [-0.2, 0) is 11.3 Å². The van der Waals surface area contributed by atoms with Gasteiger partial charge in [0.1, 0.15) is 5.01 Å². The fraction of sp³-hybridized carbons (Fsp3) is 0.733. The number of nitrogens with zero attached hydrogens (tertiary/aromatic N) is 3. The van der Waals surface area contributed by atoms with Gasteiger partial charge in [0, 0.05) is 44.3 Å². The molecule has 0 aromatic carbocycles. The highest BCUT2D eigenvalue weighted by molar-refractivity contribution is 7.11. The number of ether oxygens (including phenoxy) is 1. The fourth-order valence-corrected chi connectivity index (χ4v) is 3.15. The molecule has 0 aliphatic carbocycles. The summed E-state index contributed by atoms with van der Waals surface area (Å²) in [4.78, 5) is 12.3. The number of thiazole rings is 1. The van der Waals surface area contributed by atoms with Crippen molar-refractivity contribution in [3.05, 3.63) is 16.1 Å². The molecule has 22 heavy (non-hydrogen) atoms. The minimum atomic E-state index is 0.568. The van der Waals surface area contributed by atoms with E-state index >= 15 is 0 Å². The number of aromatic nitrogens is 1. The molecule has 2 N–H and O–H groups in total. The van der Waals surface area contributed by atoms with Crippen LogP contribution in [0.3, 0.4) is 0 Å². The van der Waals surface area contributed by atoms with Crippen molar-refractivity contribution in [2.75, 3.05) is 46.4 Å². The molecule has 1 fully saturated rings. The fourth-order valence-electron chi connectivity index (χ4n) is 2.42. The van der Waals surface area contributed by atoms with Gasteiger partial charge in [0.05, 0.1) is 19.8 Å². The lowest BCUT2D eigenvalue weighted by Crippen LogP contribution is -2.43. The highest BCUT2D eigenvalue weighted by Crippen LogP contribution is 2.10. The second kappa shape index (κ2) is 9.07. The van der Waals surface area contributed by atoms with Crippen LogP contribution in [0, 0.1) is 12.8 Å². The summed E-state index contributed by atoms with van der Waals surface area (Å²) in [6.07, 6.45) is 1.91. The van der Waals surface area contributed by atoms with Crippen LogP contribution in [0.2, 0.25) is 0 Å². The van der Waals surface area contributed by atoms with Crippen LogP contribution in [0.1, 0.15) is 16.8 Å². The van der Waals surface area contributed by atoms with Crippen molar-refractivity contribution in [1.82, 2.24) is 20.5 Å². The summed E-state index contributed by atoms with van der Waals surface area (Å²) in [6, 6.07) is 0.